The van der Waals surface area contributed by atoms with E-state index in [2.05, 4.69) is 5.32 Å². The molecule has 1 atom stereocenters. The van der Waals surface area contributed by atoms with E-state index >= 15 is 0 Å². The number of para-hydroxylation sites is 2. The van der Waals surface area contributed by atoms with Crippen molar-refractivity contribution in [2.45, 2.75) is 31.1 Å². The molecule has 2 aromatic rings. The third-order valence-electron chi connectivity index (χ3n) is 3.87. The summed E-state index contributed by atoms with van der Waals surface area (Å²) in [6, 6.07) is 10.7. The lowest BCUT2D eigenvalue weighted by Gasteiger charge is -2.16. The van der Waals surface area contributed by atoms with Gasteiger partial charge in [-0.25, -0.2) is 13.6 Å². The number of hydrogen-bond donors (Lipinski definition) is 2. The standard InChI is InChI=1S/C20H28N2O5S.ClH/c1-4-26-17-7-5-6-8-18(17)27-12-11-22-15(2)13-16-9-10-19(25-3)20(14-16)28(21,23)24;/h5-10,14-15,22H,4,11-13H2,1-3H3,(H2,21,23,24);1H/t15-;/m1./s1/i2D3;. The summed E-state index contributed by atoms with van der Waals surface area (Å²) in [5, 5.41) is 8.22. The molecule has 0 bridgehead atoms. The molecular weight excluding hydrogens is 416 g/mol. The van der Waals surface area contributed by atoms with Gasteiger partial charge in [0.2, 0.25) is 10.0 Å². The Morgan fingerprint density at radius 2 is 1.83 bits per heavy atom. The van der Waals surface area contributed by atoms with Gasteiger partial charge in [0.05, 0.1) is 13.7 Å². The molecule has 0 spiro atoms. The van der Waals surface area contributed by atoms with Crippen molar-refractivity contribution in [2.24, 2.45) is 5.14 Å². The summed E-state index contributed by atoms with van der Waals surface area (Å²) in [5.74, 6) is 1.29. The summed E-state index contributed by atoms with van der Waals surface area (Å²) >= 11 is 0. The van der Waals surface area contributed by atoms with E-state index in [-0.39, 0.29) is 42.6 Å². The SMILES string of the molecule is Cl.[2H]C([2H])([2H])[C@H](Cc1ccc(OC)c(S(N)(=O)=O)c1)NCCOc1ccccc1OCC. The lowest BCUT2D eigenvalue weighted by atomic mass is 10.1. The summed E-state index contributed by atoms with van der Waals surface area (Å²) in [5.41, 5.74) is 0.501. The van der Waals surface area contributed by atoms with Crippen LogP contribution in [0.15, 0.2) is 47.4 Å². The molecule has 0 saturated carbocycles. The molecule has 162 valence electrons. The number of benzene rings is 2. The second-order valence-electron chi connectivity index (χ2n) is 5.97. The zero-order valence-electron chi connectivity index (χ0n) is 19.4. The summed E-state index contributed by atoms with van der Waals surface area (Å²) in [6.45, 7) is 0.552. The van der Waals surface area contributed by atoms with Crippen molar-refractivity contribution >= 4 is 22.4 Å². The molecule has 0 fully saturated rings. The fourth-order valence-corrected chi connectivity index (χ4v) is 3.36. The van der Waals surface area contributed by atoms with Crippen LogP contribution in [0.4, 0.5) is 0 Å². The highest BCUT2D eigenvalue weighted by atomic mass is 35.5. The van der Waals surface area contributed by atoms with Crippen LogP contribution in [0.1, 0.15) is 23.5 Å². The molecule has 0 aliphatic carbocycles. The topological polar surface area (TPSA) is 99.9 Å². The quantitative estimate of drug-likeness (QED) is 0.514. The van der Waals surface area contributed by atoms with Gasteiger partial charge in [0, 0.05) is 16.7 Å². The first-order valence-electron chi connectivity index (χ1n) is 10.3. The molecule has 2 aromatic carbocycles. The number of ether oxygens (including phenoxy) is 3. The minimum absolute atomic E-state index is 0. The maximum atomic E-state index is 11.8. The number of sulfonamides is 1. The average Bonchev–Trinajstić information content (AvgIpc) is 2.70. The Morgan fingerprint density at radius 1 is 1.14 bits per heavy atom. The maximum Gasteiger partial charge on any atom is 0.241 e. The summed E-state index contributed by atoms with van der Waals surface area (Å²) in [6.07, 6.45) is 0.0680. The van der Waals surface area contributed by atoms with Gasteiger partial charge in [-0.2, -0.15) is 0 Å². The Bertz CT molecular complexity index is 974. The lowest BCUT2D eigenvalue weighted by molar-refractivity contribution is 0.272. The minimum Gasteiger partial charge on any atom is -0.495 e. The highest BCUT2D eigenvalue weighted by Gasteiger charge is 2.16. The molecule has 0 radical (unpaired) electrons. The molecule has 9 heteroatoms. The Morgan fingerprint density at radius 3 is 2.41 bits per heavy atom. The van der Waals surface area contributed by atoms with Crippen molar-refractivity contribution in [2.75, 3.05) is 26.9 Å². The van der Waals surface area contributed by atoms with Gasteiger partial charge in [0.1, 0.15) is 17.3 Å². The Balaban J connectivity index is 0.00000512. The zero-order valence-corrected chi connectivity index (χ0v) is 18.0. The number of halogens is 1. The molecule has 3 N–H and O–H groups in total. The van der Waals surface area contributed by atoms with Crippen molar-refractivity contribution < 1.29 is 26.7 Å². The van der Waals surface area contributed by atoms with Crippen molar-refractivity contribution in [1.29, 1.82) is 0 Å². The van der Waals surface area contributed by atoms with Gasteiger partial charge < -0.3 is 19.5 Å². The van der Waals surface area contributed by atoms with Crippen molar-refractivity contribution in [1.82, 2.24) is 5.32 Å². The summed E-state index contributed by atoms with van der Waals surface area (Å²) in [4.78, 5) is -0.187. The van der Waals surface area contributed by atoms with E-state index in [1.807, 2.05) is 19.1 Å². The molecule has 0 aliphatic heterocycles. The summed E-state index contributed by atoms with van der Waals surface area (Å²) in [7, 11) is -2.68. The van der Waals surface area contributed by atoms with Crippen molar-refractivity contribution in [3.05, 3.63) is 48.0 Å². The second kappa shape index (κ2) is 11.9. The van der Waals surface area contributed by atoms with E-state index in [1.54, 1.807) is 18.2 Å². The van der Waals surface area contributed by atoms with Crippen LogP contribution in [-0.2, 0) is 16.4 Å². The van der Waals surface area contributed by atoms with E-state index in [4.69, 9.17) is 23.5 Å². The minimum atomic E-state index is -4.02. The molecule has 0 saturated heterocycles. The fraction of sp³-hybridized carbons (Fsp3) is 0.400. The van der Waals surface area contributed by atoms with Crippen LogP contribution in [0, 0.1) is 0 Å². The Hall–Kier alpha value is -2.00. The molecule has 0 heterocycles. The smallest absolute Gasteiger partial charge is 0.241 e. The first-order valence-corrected chi connectivity index (χ1v) is 10.4. The number of hydrogen-bond acceptors (Lipinski definition) is 6. The zero-order chi connectivity index (χ0) is 23.1. The van der Waals surface area contributed by atoms with Gasteiger partial charge in [0.15, 0.2) is 11.5 Å². The van der Waals surface area contributed by atoms with Crippen LogP contribution < -0.4 is 24.7 Å². The normalized spacial score (nSPS) is 14.0. The molecule has 29 heavy (non-hydrogen) atoms. The number of rotatable bonds is 11. The highest BCUT2D eigenvalue weighted by Crippen LogP contribution is 2.26. The van der Waals surface area contributed by atoms with Gasteiger partial charge in [-0.15, -0.1) is 12.4 Å². The Labute approximate surface area is 183 Å². The van der Waals surface area contributed by atoms with Crippen molar-refractivity contribution in [3.8, 4) is 17.2 Å². The van der Waals surface area contributed by atoms with Crippen LogP contribution in [0.3, 0.4) is 0 Å². The molecule has 0 aliphatic rings. The number of methoxy groups -OCH3 is 1. The maximum absolute atomic E-state index is 11.8. The third-order valence-corrected chi connectivity index (χ3v) is 4.81. The van der Waals surface area contributed by atoms with Crippen LogP contribution in [0.25, 0.3) is 0 Å². The number of nitrogens with one attached hydrogen (secondary N) is 1. The second-order valence-corrected chi connectivity index (χ2v) is 7.50. The first kappa shape index (κ1) is 20.3. The van der Waals surface area contributed by atoms with Gasteiger partial charge in [-0.1, -0.05) is 18.2 Å². The van der Waals surface area contributed by atoms with Crippen LogP contribution >= 0.6 is 12.4 Å². The number of nitrogens with two attached hydrogens (primary N) is 1. The number of primary sulfonamides is 1. The van der Waals surface area contributed by atoms with Crippen LogP contribution in [0.2, 0.25) is 0 Å². The predicted molar refractivity (Wildman–Crippen MR) is 116 cm³/mol. The van der Waals surface area contributed by atoms with Gasteiger partial charge in [-0.05, 0) is 50.0 Å². The highest BCUT2D eigenvalue weighted by molar-refractivity contribution is 7.89. The van der Waals surface area contributed by atoms with Gasteiger partial charge in [0.25, 0.3) is 0 Å². The average molecular weight is 448 g/mol. The predicted octanol–water partition coefficient (Wildman–Crippen LogP) is 2.76. The molecular formula is C20H29ClN2O5S. The largest absolute Gasteiger partial charge is 0.495 e. The van der Waals surface area contributed by atoms with E-state index in [0.717, 1.165) is 0 Å². The van der Waals surface area contributed by atoms with E-state index in [9.17, 15) is 8.42 Å². The van der Waals surface area contributed by atoms with Gasteiger partial charge in [-0.3, -0.25) is 0 Å². The third kappa shape index (κ3) is 7.74. The van der Waals surface area contributed by atoms with E-state index in [0.29, 0.717) is 23.7 Å². The van der Waals surface area contributed by atoms with Crippen LogP contribution in [-0.4, -0.2) is 41.3 Å². The van der Waals surface area contributed by atoms with Gasteiger partial charge >= 0.3 is 0 Å². The molecule has 0 unspecified atom stereocenters. The molecule has 7 nitrogen and oxygen atoms in total. The molecule has 2 rings (SSSR count). The fourth-order valence-electron chi connectivity index (χ4n) is 2.62. The Kier molecular flexibility index (Phi) is 8.30. The van der Waals surface area contributed by atoms with E-state index < -0.39 is 22.9 Å². The monoisotopic (exact) mass is 447 g/mol. The summed E-state index contributed by atoms with van der Waals surface area (Å²) < 4.78 is 63.3. The lowest BCUT2D eigenvalue weighted by Crippen LogP contribution is -2.32. The van der Waals surface area contributed by atoms with Crippen LogP contribution in [0.5, 0.6) is 17.2 Å². The van der Waals surface area contributed by atoms with E-state index in [1.165, 1.54) is 19.2 Å². The van der Waals surface area contributed by atoms with Crippen molar-refractivity contribution in [3.63, 3.8) is 0 Å². The molecule has 0 aromatic heterocycles. The molecule has 0 amide bonds. The first-order chi connectivity index (χ1) is 14.6.